The molecule has 3 N–H and O–H groups in total. The van der Waals surface area contributed by atoms with E-state index in [1.807, 2.05) is 25.1 Å². The van der Waals surface area contributed by atoms with Crippen LogP contribution >= 0.6 is 0 Å². The van der Waals surface area contributed by atoms with E-state index in [2.05, 4.69) is 9.55 Å². The van der Waals surface area contributed by atoms with Gasteiger partial charge < -0.3 is 15.4 Å². The second kappa shape index (κ2) is 3.99. The van der Waals surface area contributed by atoms with Gasteiger partial charge in [0.1, 0.15) is 5.82 Å². The van der Waals surface area contributed by atoms with Crippen LogP contribution in [-0.4, -0.2) is 21.3 Å². The number of nitrogen functional groups attached to an aromatic ring is 1. The minimum absolute atomic E-state index is 0.276. The number of rotatable bonds is 4. The van der Waals surface area contributed by atoms with Crippen LogP contribution in [0.5, 0.6) is 0 Å². The number of aromatic nitrogens is 2. The zero-order valence-corrected chi connectivity index (χ0v) is 10.7. The molecule has 1 aliphatic carbocycles. The molecule has 1 fully saturated rings. The number of anilines is 1. The first-order chi connectivity index (χ1) is 8.63. The minimum Gasteiger partial charge on any atom is -0.399 e. The summed E-state index contributed by atoms with van der Waals surface area (Å²) < 4.78 is 2.26. The number of benzene rings is 1. The van der Waals surface area contributed by atoms with Crippen molar-refractivity contribution in [3.05, 3.63) is 24.0 Å². The number of nitrogens with two attached hydrogens (primary N) is 1. The first-order valence-electron chi connectivity index (χ1n) is 6.47. The molecular weight excluding hydrogens is 226 g/mol. The van der Waals surface area contributed by atoms with Gasteiger partial charge in [-0.05, 0) is 49.8 Å². The zero-order chi connectivity index (χ0) is 12.8. The standard InChI is InChI=1S/C14H19N3O/c1-10-16-12-8-11(15)2-3-13(12)17(10)9-14(4-5-14)6-7-18/h2-3,8,18H,4-7,9,15H2,1H3. The molecule has 1 saturated carbocycles. The van der Waals surface area contributed by atoms with Crippen LogP contribution in [-0.2, 0) is 6.54 Å². The van der Waals surface area contributed by atoms with Crippen molar-refractivity contribution in [2.75, 3.05) is 12.3 Å². The van der Waals surface area contributed by atoms with Gasteiger partial charge in [0.05, 0.1) is 11.0 Å². The van der Waals surface area contributed by atoms with Crippen molar-refractivity contribution < 1.29 is 5.11 Å². The fourth-order valence-electron chi connectivity index (χ4n) is 2.70. The quantitative estimate of drug-likeness (QED) is 0.811. The van der Waals surface area contributed by atoms with Crippen LogP contribution in [0.4, 0.5) is 5.69 Å². The normalized spacial score (nSPS) is 17.2. The predicted octanol–water partition coefficient (Wildman–Crippen LogP) is 2.09. The Hall–Kier alpha value is -1.55. The predicted molar refractivity (Wildman–Crippen MR) is 72.3 cm³/mol. The molecule has 1 aliphatic rings. The number of nitrogens with zero attached hydrogens (tertiary/aromatic N) is 2. The van der Waals surface area contributed by atoms with Gasteiger partial charge in [-0.15, -0.1) is 0 Å². The van der Waals surface area contributed by atoms with E-state index in [9.17, 15) is 0 Å². The fourth-order valence-corrected chi connectivity index (χ4v) is 2.70. The fraction of sp³-hybridized carbons (Fsp3) is 0.500. The summed E-state index contributed by atoms with van der Waals surface area (Å²) in [4.78, 5) is 4.57. The maximum atomic E-state index is 9.15. The van der Waals surface area contributed by atoms with Crippen molar-refractivity contribution in [1.82, 2.24) is 9.55 Å². The molecule has 0 aliphatic heterocycles. The van der Waals surface area contributed by atoms with E-state index in [1.54, 1.807) is 0 Å². The summed E-state index contributed by atoms with van der Waals surface area (Å²) in [5.74, 6) is 1.03. The summed E-state index contributed by atoms with van der Waals surface area (Å²) >= 11 is 0. The molecule has 0 saturated heterocycles. The number of aliphatic hydroxyl groups is 1. The molecule has 96 valence electrons. The Kier molecular flexibility index (Phi) is 2.55. The molecule has 0 radical (unpaired) electrons. The Morgan fingerprint density at radius 2 is 2.22 bits per heavy atom. The Bertz CT molecular complexity index is 584. The lowest BCUT2D eigenvalue weighted by atomic mass is 10.0. The molecule has 0 amide bonds. The Morgan fingerprint density at radius 3 is 2.89 bits per heavy atom. The molecular formula is C14H19N3O. The van der Waals surface area contributed by atoms with Crippen LogP contribution < -0.4 is 5.73 Å². The van der Waals surface area contributed by atoms with E-state index in [0.717, 1.165) is 35.5 Å². The van der Waals surface area contributed by atoms with Crippen molar-refractivity contribution in [3.63, 3.8) is 0 Å². The van der Waals surface area contributed by atoms with Gasteiger partial charge in [0.25, 0.3) is 0 Å². The second-order valence-electron chi connectivity index (χ2n) is 5.47. The Morgan fingerprint density at radius 1 is 1.44 bits per heavy atom. The zero-order valence-electron chi connectivity index (χ0n) is 10.7. The lowest BCUT2D eigenvalue weighted by Crippen LogP contribution is -2.14. The topological polar surface area (TPSA) is 64.1 Å². The summed E-state index contributed by atoms with van der Waals surface area (Å²) in [5.41, 5.74) is 8.95. The Labute approximate surface area is 106 Å². The van der Waals surface area contributed by atoms with E-state index in [1.165, 1.54) is 12.8 Å². The van der Waals surface area contributed by atoms with Gasteiger partial charge in [-0.1, -0.05) is 0 Å². The summed E-state index contributed by atoms with van der Waals surface area (Å²) in [5, 5.41) is 9.15. The van der Waals surface area contributed by atoms with E-state index in [4.69, 9.17) is 10.8 Å². The molecule has 18 heavy (non-hydrogen) atoms. The first kappa shape index (κ1) is 11.5. The third kappa shape index (κ3) is 1.86. The molecule has 4 nitrogen and oxygen atoms in total. The lowest BCUT2D eigenvalue weighted by molar-refractivity contribution is 0.237. The van der Waals surface area contributed by atoms with Crippen molar-refractivity contribution in [2.45, 2.75) is 32.7 Å². The van der Waals surface area contributed by atoms with Crippen molar-refractivity contribution >= 4 is 16.7 Å². The molecule has 1 aromatic heterocycles. The van der Waals surface area contributed by atoms with E-state index in [-0.39, 0.29) is 6.61 Å². The SMILES string of the molecule is Cc1nc2cc(N)ccc2n1CC1(CCO)CC1. The van der Waals surface area contributed by atoms with Gasteiger partial charge in [-0.25, -0.2) is 4.98 Å². The van der Waals surface area contributed by atoms with Crippen molar-refractivity contribution in [2.24, 2.45) is 5.41 Å². The smallest absolute Gasteiger partial charge is 0.106 e. The van der Waals surface area contributed by atoms with Gasteiger partial charge >= 0.3 is 0 Å². The van der Waals surface area contributed by atoms with Crippen LogP contribution in [0.15, 0.2) is 18.2 Å². The van der Waals surface area contributed by atoms with E-state index >= 15 is 0 Å². The number of aryl methyl sites for hydroxylation is 1. The number of hydrogen-bond acceptors (Lipinski definition) is 3. The number of fused-ring (bicyclic) bond motifs is 1. The van der Waals surface area contributed by atoms with Crippen LogP contribution in [0.2, 0.25) is 0 Å². The molecule has 0 atom stereocenters. The maximum absolute atomic E-state index is 9.15. The highest BCUT2D eigenvalue weighted by molar-refractivity contribution is 5.79. The number of hydrogen-bond donors (Lipinski definition) is 2. The molecule has 2 aromatic rings. The molecule has 0 spiro atoms. The largest absolute Gasteiger partial charge is 0.399 e. The van der Waals surface area contributed by atoms with E-state index in [0.29, 0.717) is 5.41 Å². The summed E-state index contributed by atoms with van der Waals surface area (Å²) in [6, 6.07) is 5.88. The summed E-state index contributed by atoms with van der Waals surface area (Å²) in [7, 11) is 0. The average molecular weight is 245 g/mol. The second-order valence-corrected chi connectivity index (χ2v) is 5.47. The average Bonchev–Trinajstić information content (AvgIpc) is 3.00. The molecule has 1 heterocycles. The van der Waals surface area contributed by atoms with Gasteiger partial charge in [0, 0.05) is 18.8 Å². The minimum atomic E-state index is 0.276. The molecule has 1 aromatic carbocycles. The monoisotopic (exact) mass is 245 g/mol. The summed E-state index contributed by atoms with van der Waals surface area (Å²) in [6.07, 6.45) is 3.31. The maximum Gasteiger partial charge on any atom is 0.106 e. The highest BCUT2D eigenvalue weighted by Crippen LogP contribution is 2.50. The van der Waals surface area contributed by atoms with Gasteiger partial charge in [0.2, 0.25) is 0 Å². The molecule has 0 unspecified atom stereocenters. The lowest BCUT2D eigenvalue weighted by Gasteiger charge is -2.16. The number of aliphatic hydroxyl groups excluding tert-OH is 1. The molecule has 3 rings (SSSR count). The molecule has 0 bridgehead atoms. The van der Waals surface area contributed by atoms with Gasteiger partial charge in [-0.3, -0.25) is 0 Å². The third-order valence-corrected chi connectivity index (χ3v) is 4.06. The van der Waals surface area contributed by atoms with Gasteiger partial charge in [0.15, 0.2) is 0 Å². The van der Waals surface area contributed by atoms with E-state index < -0.39 is 0 Å². The van der Waals surface area contributed by atoms with Crippen LogP contribution in [0.25, 0.3) is 11.0 Å². The van der Waals surface area contributed by atoms with Crippen molar-refractivity contribution in [1.29, 1.82) is 0 Å². The highest BCUT2D eigenvalue weighted by atomic mass is 16.3. The van der Waals surface area contributed by atoms with Gasteiger partial charge in [-0.2, -0.15) is 0 Å². The molecule has 4 heteroatoms. The van der Waals surface area contributed by atoms with Crippen LogP contribution in [0.3, 0.4) is 0 Å². The van der Waals surface area contributed by atoms with Crippen molar-refractivity contribution in [3.8, 4) is 0 Å². The summed E-state index contributed by atoms with van der Waals surface area (Å²) in [6.45, 7) is 3.27. The van der Waals surface area contributed by atoms with Crippen LogP contribution in [0.1, 0.15) is 25.1 Å². The number of imidazole rings is 1. The Balaban J connectivity index is 1.99. The third-order valence-electron chi connectivity index (χ3n) is 4.06. The first-order valence-corrected chi connectivity index (χ1v) is 6.47. The highest BCUT2D eigenvalue weighted by Gasteiger charge is 2.42. The van der Waals surface area contributed by atoms with Crippen LogP contribution in [0, 0.1) is 12.3 Å².